The Bertz CT molecular complexity index is 526. The average molecular weight is 396 g/mol. The van der Waals surface area contributed by atoms with E-state index >= 15 is 0 Å². The summed E-state index contributed by atoms with van der Waals surface area (Å²) < 4.78 is 11.2. The van der Waals surface area contributed by atoms with Crippen LogP contribution in [0.15, 0.2) is 0 Å². The van der Waals surface area contributed by atoms with E-state index in [0.717, 1.165) is 52.2 Å². The Balaban J connectivity index is 1.34. The molecule has 0 saturated carbocycles. The number of hydrogen-bond donors (Lipinski definition) is 0. The molecule has 160 valence electrons. The Morgan fingerprint density at radius 3 is 2.21 bits per heavy atom. The molecule has 0 bridgehead atoms. The zero-order valence-electron chi connectivity index (χ0n) is 17.8. The molecule has 0 N–H and O–H groups in total. The molecule has 28 heavy (non-hydrogen) atoms. The molecule has 0 aromatic rings. The molecule has 3 fully saturated rings. The quantitative estimate of drug-likeness (QED) is 0.731. The fraction of sp³-hybridized carbons (Fsp3) is 0.905. The van der Waals surface area contributed by atoms with Gasteiger partial charge in [-0.05, 0) is 52.4 Å². The first-order valence-electron chi connectivity index (χ1n) is 10.9. The monoisotopic (exact) mass is 395 g/mol. The Labute approximate surface area is 169 Å². The van der Waals surface area contributed by atoms with E-state index in [0.29, 0.717) is 31.5 Å². The maximum absolute atomic E-state index is 12.7. The zero-order valence-corrected chi connectivity index (χ0v) is 17.8. The number of piperazine rings is 1. The second kappa shape index (κ2) is 9.44. The van der Waals surface area contributed by atoms with Crippen LogP contribution in [0.1, 0.15) is 52.9 Å². The summed E-state index contributed by atoms with van der Waals surface area (Å²) in [5, 5.41) is 0. The van der Waals surface area contributed by atoms with Gasteiger partial charge in [-0.3, -0.25) is 9.69 Å². The molecule has 0 radical (unpaired) electrons. The van der Waals surface area contributed by atoms with Crippen LogP contribution in [-0.4, -0.2) is 90.8 Å². The van der Waals surface area contributed by atoms with Crippen LogP contribution in [0, 0.1) is 5.92 Å². The van der Waals surface area contributed by atoms with Gasteiger partial charge in [-0.15, -0.1) is 0 Å². The lowest BCUT2D eigenvalue weighted by Gasteiger charge is -2.37. The van der Waals surface area contributed by atoms with Crippen LogP contribution < -0.4 is 0 Å². The van der Waals surface area contributed by atoms with E-state index in [1.807, 2.05) is 25.7 Å². The van der Waals surface area contributed by atoms with Crippen LogP contribution in [0.5, 0.6) is 0 Å². The molecule has 0 spiro atoms. The van der Waals surface area contributed by atoms with Crippen molar-refractivity contribution in [1.82, 2.24) is 14.7 Å². The van der Waals surface area contributed by atoms with Crippen molar-refractivity contribution in [3.8, 4) is 0 Å². The third kappa shape index (κ3) is 6.34. The number of rotatable bonds is 4. The lowest BCUT2D eigenvalue weighted by atomic mass is 9.93. The molecule has 3 aliphatic heterocycles. The number of carbonyl (C=O) groups excluding carboxylic acids is 2. The second-order valence-electron chi connectivity index (χ2n) is 9.43. The summed E-state index contributed by atoms with van der Waals surface area (Å²) in [5.74, 6) is 0.642. The van der Waals surface area contributed by atoms with E-state index in [1.165, 1.54) is 12.8 Å². The minimum atomic E-state index is -0.462. The van der Waals surface area contributed by atoms with Crippen LogP contribution in [0.2, 0.25) is 0 Å². The van der Waals surface area contributed by atoms with Crippen LogP contribution in [0.25, 0.3) is 0 Å². The summed E-state index contributed by atoms with van der Waals surface area (Å²) in [7, 11) is 0. The van der Waals surface area contributed by atoms with Gasteiger partial charge in [0.05, 0.1) is 6.10 Å². The highest BCUT2D eigenvalue weighted by molar-refractivity contribution is 5.76. The number of hydrogen-bond acceptors (Lipinski definition) is 5. The number of likely N-dealkylation sites (tertiary alicyclic amines) is 1. The topological polar surface area (TPSA) is 62.3 Å². The van der Waals surface area contributed by atoms with E-state index in [4.69, 9.17) is 9.47 Å². The molecule has 3 heterocycles. The minimum absolute atomic E-state index is 0.236. The maximum Gasteiger partial charge on any atom is 0.410 e. The Hall–Kier alpha value is -1.34. The van der Waals surface area contributed by atoms with Crippen molar-refractivity contribution in [3.63, 3.8) is 0 Å². The van der Waals surface area contributed by atoms with Crippen LogP contribution >= 0.6 is 0 Å². The summed E-state index contributed by atoms with van der Waals surface area (Å²) in [5.41, 5.74) is -0.462. The Morgan fingerprint density at radius 2 is 1.64 bits per heavy atom. The van der Waals surface area contributed by atoms with Crippen molar-refractivity contribution < 1.29 is 19.1 Å². The van der Waals surface area contributed by atoms with E-state index in [1.54, 1.807) is 4.90 Å². The van der Waals surface area contributed by atoms with Gasteiger partial charge in [-0.2, -0.15) is 0 Å². The first-order chi connectivity index (χ1) is 13.3. The predicted octanol–water partition coefficient (Wildman–Crippen LogP) is 2.35. The van der Waals surface area contributed by atoms with Crippen LogP contribution in [-0.2, 0) is 14.3 Å². The molecule has 0 aromatic heterocycles. The molecule has 7 heteroatoms. The van der Waals surface area contributed by atoms with Crippen molar-refractivity contribution in [2.24, 2.45) is 5.92 Å². The number of nitrogens with zero attached hydrogens (tertiary/aromatic N) is 3. The highest BCUT2D eigenvalue weighted by Crippen LogP contribution is 2.23. The third-order valence-electron chi connectivity index (χ3n) is 5.94. The fourth-order valence-electron chi connectivity index (χ4n) is 4.28. The second-order valence-corrected chi connectivity index (χ2v) is 9.43. The number of amides is 2. The lowest BCUT2D eigenvalue weighted by Crippen LogP contribution is -2.51. The molecule has 3 rings (SSSR count). The largest absolute Gasteiger partial charge is 0.444 e. The van der Waals surface area contributed by atoms with Crippen molar-refractivity contribution in [3.05, 3.63) is 0 Å². The molecule has 7 nitrogen and oxygen atoms in total. The molecule has 3 saturated heterocycles. The zero-order chi connectivity index (χ0) is 20.1. The highest BCUT2D eigenvalue weighted by Gasteiger charge is 2.30. The van der Waals surface area contributed by atoms with Gasteiger partial charge in [-0.25, -0.2) is 4.79 Å². The van der Waals surface area contributed by atoms with Gasteiger partial charge >= 0.3 is 6.09 Å². The van der Waals surface area contributed by atoms with Crippen molar-refractivity contribution in [2.45, 2.75) is 64.6 Å². The SMILES string of the molecule is CC(C)(C)OC(=O)N1CCC(CC(=O)N2CCN(CC3CCCO3)CC2)CC1. The van der Waals surface area contributed by atoms with E-state index in [-0.39, 0.29) is 12.0 Å². The van der Waals surface area contributed by atoms with Crippen molar-refractivity contribution in [2.75, 3.05) is 52.4 Å². The molecular weight excluding hydrogens is 358 g/mol. The number of piperidine rings is 1. The van der Waals surface area contributed by atoms with Gasteiger partial charge in [0, 0.05) is 58.8 Å². The lowest BCUT2D eigenvalue weighted by molar-refractivity contribution is -0.134. The number of ether oxygens (including phenoxy) is 2. The minimum Gasteiger partial charge on any atom is -0.444 e. The van der Waals surface area contributed by atoms with Gasteiger partial charge in [0.15, 0.2) is 0 Å². The van der Waals surface area contributed by atoms with Gasteiger partial charge in [0.2, 0.25) is 5.91 Å². The summed E-state index contributed by atoms with van der Waals surface area (Å²) in [6.45, 7) is 12.5. The molecule has 1 unspecified atom stereocenters. The summed E-state index contributed by atoms with van der Waals surface area (Å²) in [4.78, 5) is 31.1. The molecular formula is C21H37N3O4. The summed E-state index contributed by atoms with van der Waals surface area (Å²) in [6.07, 6.45) is 4.86. The highest BCUT2D eigenvalue weighted by atomic mass is 16.6. The average Bonchev–Trinajstić information content (AvgIpc) is 3.14. The van der Waals surface area contributed by atoms with E-state index < -0.39 is 5.60 Å². The Kier molecular flexibility index (Phi) is 7.20. The van der Waals surface area contributed by atoms with E-state index in [9.17, 15) is 9.59 Å². The summed E-state index contributed by atoms with van der Waals surface area (Å²) >= 11 is 0. The summed E-state index contributed by atoms with van der Waals surface area (Å²) in [6, 6.07) is 0. The van der Waals surface area contributed by atoms with E-state index in [2.05, 4.69) is 4.90 Å². The smallest absolute Gasteiger partial charge is 0.410 e. The van der Waals surface area contributed by atoms with Gasteiger partial charge in [0.25, 0.3) is 0 Å². The molecule has 2 amide bonds. The van der Waals surface area contributed by atoms with Crippen molar-refractivity contribution in [1.29, 1.82) is 0 Å². The molecule has 1 atom stereocenters. The van der Waals surface area contributed by atoms with Crippen molar-refractivity contribution >= 4 is 12.0 Å². The van der Waals surface area contributed by atoms with Crippen LogP contribution in [0.3, 0.4) is 0 Å². The van der Waals surface area contributed by atoms with Gasteiger partial charge in [0.1, 0.15) is 5.60 Å². The van der Waals surface area contributed by atoms with Gasteiger partial charge in [-0.1, -0.05) is 0 Å². The Morgan fingerprint density at radius 1 is 0.964 bits per heavy atom. The van der Waals surface area contributed by atoms with Gasteiger partial charge < -0.3 is 19.3 Å². The predicted molar refractivity (Wildman–Crippen MR) is 107 cm³/mol. The number of carbonyl (C=O) groups is 2. The normalized spacial score (nSPS) is 25.2. The molecule has 3 aliphatic rings. The van der Waals surface area contributed by atoms with Crippen LogP contribution in [0.4, 0.5) is 4.79 Å². The third-order valence-corrected chi connectivity index (χ3v) is 5.94. The maximum atomic E-state index is 12.7. The molecule has 0 aliphatic carbocycles. The standard InChI is InChI=1S/C21H37N3O4/c1-21(2,3)28-20(26)24-8-6-17(7-9-24)15-19(25)23-12-10-22(11-13-23)16-18-5-4-14-27-18/h17-18H,4-16H2,1-3H3. The first kappa shape index (κ1) is 21.4. The fourth-order valence-corrected chi connectivity index (χ4v) is 4.28. The molecule has 0 aromatic carbocycles. The first-order valence-corrected chi connectivity index (χ1v) is 10.9.